The van der Waals surface area contributed by atoms with Crippen LogP contribution < -0.4 is 0 Å². The molecule has 2 aliphatic rings. The van der Waals surface area contributed by atoms with Gasteiger partial charge in [0.1, 0.15) is 6.61 Å². The third-order valence-corrected chi connectivity index (χ3v) is 6.31. The molecule has 2 atom stereocenters. The molecular weight excluding hydrogens is 388 g/mol. The normalized spacial score (nSPS) is 22.7. The molecule has 0 N–H and O–H groups in total. The van der Waals surface area contributed by atoms with Crippen LogP contribution in [0.3, 0.4) is 0 Å². The molecule has 1 aliphatic heterocycles. The molecule has 0 spiro atoms. The number of oxime groups is 1. The summed E-state index contributed by atoms with van der Waals surface area (Å²) in [6.45, 7) is 5.32. The van der Waals surface area contributed by atoms with Crippen molar-refractivity contribution in [1.82, 2.24) is 4.90 Å². The van der Waals surface area contributed by atoms with E-state index in [4.69, 9.17) is 9.57 Å². The Morgan fingerprint density at radius 1 is 1.10 bits per heavy atom. The average Bonchev–Trinajstić information content (AvgIpc) is 2.82. The van der Waals surface area contributed by atoms with Crippen molar-refractivity contribution in [3.8, 4) is 0 Å². The molecule has 31 heavy (non-hydrogen) atoms. The van der Waals surface area contributed by atoms with Gasteiger partial charge < -0.3 is 9.57 Å². The number of carbonyl (C=O) groups is 1. The van der Waals surface area contributed by atoms with Gasteiger partial charge in [0.25, 0.3) is 0 Å². The van der Waals surface area contributed by atoms with Crippen LogP contribution in [0.25, 0.3) is 0 Å². The Bertz CT molecular complexity index is 897. The highest BCUT2D eigenvalue weighted by Crippen LogP contribution is 2.33. The zero-order valence-corrected chi connectivity index (χ0v) is 18.3. The van der Waals surface area contributed by atoms with Crippen molar-refractivity contribution in [3.05, 3.63) is 71.3 Å². The number of nitrogens with zero attached hydrogens (tertiary/aromatic N) is 2. The molecule has 5 heteroatoms. The minimum absolute atomic E-state index is 0.0207. The number of hydrogen-bond donors (Lipinski definition) is 0. The smallest absolute Gasteiger partial charge is 0.310 e. The minimum Gasteiger partial charge on any atom is -0.466 e. The van der Waals surface area contributed by atoms with E-state index in [1.54, 1.807) is 0 Å². The maximum atomic E-state index is 12.1. The van der Waals surface area contributed by atoms with Gasteiger partial charge in [-0.3, -0.25) is 9.69 Å². The van der Waals surface area contributed by atoms with Crippen molar-refractivity contribution in [1.29, 1.82) is 0 Å². The fourth-order valence-corrected chi connectivity index (χ4v) is 4.73. The molecule has 0 saturated carbocycles. The molecular formula is C26H32N2O3. The van der Waals surface area contributed by atoms with Crippen molar-refractivity contribution in [2.45, 2.75) is 38.5 Å². The van der Waals surface area contributed by atoms with Gasteiger partial charge in [-0.2, -0.15) is 0 Å². The van der Waals surface area contributed by atoms with Gasteiger partial charge in [0.05, 0.1) is 18.2 Å². The number of ether oxygens (including phenoxy) is 1. The fourth-order valence-electron chi connectivity index (χ4n) is 4.73. The third-order valence-electron chi connectivity index (χ3n) is 6.31. The van der Waals surface area contributed by atoms with Crippen LogP contribution in [0.5, 0.6) is 0 Å². The van der Waals surface area contributed by atoms with Crippen LogP contribution >= 0.6 is 0 Å². The average molecular weight is 421 g/mol. The van der Waals surface area contributed by atoms with Gasteiger partial charge in [0, 0.05) is 24.6 Å². The van der Waals surface area contributed by atoms with Crippen LogP contribution in [0, 0.1) is 5.92 Å². The van der Waals surface area contributed by atoms with E-state index < -0.39 is 0 Å². The Morgan fingerprint density at radius 2 is 1.90 bits per heavy atom. The number of likely N-dealkylation sites (tertiary alicyclic amines) is 1. The van der Waals surface area contributed by atoms with Crippen molar-refractivity contribution in [2.75, 3.05) is 32.8 Å². The number of rotatable bonds is 7. The van der Waals surface area contributed by atoms with E-state index in [1.165, 1.54) is 16.7 Å². The van der Waals surface area contributed by atoms with Crippen molar-refractivity contribution in [3.63, 3.8) is 0 Å². The quantitative estimate of drug-likeness (QED) is 0.378. The molecule has 2 aromatic carbocycles. The highest BCUT2D eigenvalue weighted by Gasteiger charge is 2.28. The van der Waals surface area contributed by atoms with E-state index in [0.717, 1.165) is 51.0 Å². The SMILES string of the molecule is CCOC(=O)[C@@H]1CCCN(CCO/N=C2\c3ccccc3CCC2c2ccccc2)C1. The molecule has 2 aromatic rings. The van der Waals surface area contributed by atoms with E-state index in [9.17, 15) is 4.79 Å². The van der Waals surface area contributed by atoms with Gasteiger partial charge in [0.2, 0.25) is 0 Å². The van der Waals surface area contributed by atoms with Crippen LogP contribution in [0.15, 0.2) is 59.8 Å². The second-order valence-electron chi connectivity index (χ2n) is 8.36. The van der Waals surface area contributed by atoms with Crippen LogP contribution in [-0.4, -0.2) is 49.4 Å². The molecule has 4 rings (SSSR count). The summed E-state index contributed by atoms with van der Waals surface area (Å²) < 4.78 is 5.20. The number of carbonyl (C=O) groups excluding carboxylic acids is 1. The molecule has 1 heterocycles. The fraction of sp³-hybridized carbons (Fsp3) is 0.462. The van der Waals surface area contributed by atoms with Gasteiger partial charge in [-0.15, -0.1) is 0 Å². The number of hydrogen-bond acceptors (Lipinski definition) is 5. The first-order chi connectivity index (χ1) is 15.3. The van der Waals surface area contributed by atoms with E-state index in [-0.39, 0.29) is 17.8 Å². The van der Waals surface area contributed by atoms with E-state index in [0.29, 0.717) is 13.2 Å². The first kappa shape index (κ1) is 21.6. The number of piperidine rings is 1. The molecule has 0 radical (unpaired) electrons. The van der Waals surface area contributed by atoms with Gasteiger partial charge in [-0.25, -0.2) is 0 Å². The van der Waals surface area contributed by atoms with Gasteiger partial charge >= 0.3 is 5.97 Å². The molecule has 1 fully saturated rings. The van der Waals surface area contributed by atoms with Crippen molar-refractivity contribution in [2.24, 2.45) is 11.1 Å². The molecule has 0 aromatic heterocycles. The summed E-state index contributed by atoms with van der Waals surface area (Å²) in [6, 6.07) is 19.1. The molecule has 0 amide bonds. The monoisotopic (exact) mass is 420 g/mol. The summed E-state index contributed by atoms with van der Waals surface area (Å²) in [5.41, 5.74) is 4.84. The summed E-state index contributed by atoms with van der Waals surface area (Å²) in [6.07, 6.45) is 4.02. The predicted octanol–water partition coefficient (Wildman–Crippen LogP) is 4.41. The highest BCUT2D eigenvalue weighted by atomic mass is 16.6. The lowest BCUT2D eigenvalue weighted by atomic mass is 9.78. The zero-order valence-electron chi connectivity index (χ0n) is 18.3. The number of aryl methyl sites for hydroxylation is 1. The molecule has 5 nitrogen and oxygen atoms in total. The summed E-state index contributed by atoms with van der Waals surface area (Å²) in [5, 5.41) is 4.65. The van der Waals surface area contributed by atoms with Crippen LogP contribution in [0.4, 0.5) is 0 Å². The first-order valence-electron chi connectivity index (χ1n) is 11.5. The lowest BCUT2D eigenvalue weighted by molar-refractivity contribution is -0.150. The van der Waals surface area contributed by atoms with Gasteiger partial charge in [-0.1, -0.05) is 59.8 Å². The Kier molecular flexibility index (Phi) is 7.36. The summed E-state index contributed by atoms with van der Waals surface area (Å²) in [7, 11) is 0. The standard InChI is InChI=1S/C26H32N2O3/c1-2-30-26(29)22-12-8-16-28(19-22)17-18-31-27-25-23-13-7-6-11-21(23)14-15-24(25)20-9-4-3-5-10-20/h3-7,9-11,13,22,24H,2,8,12,14-19H2,1H3/b27-25+/t22-,24?/m1/s1. The van der Waals surface area contributed by atoms with Gasteiger partial charge in [0.15, 0.2) is 0 Å². The second kappa shape index (κ2) is 10.6. The van der Waals surface area contributed by atoms with Crippen LogP contribution in [0.2, 0.25) is 0 Å². The van der Waals surface area contributed by atoms with E-state index >= 15 is 0 Å². The lowest BCUT2D eigenvalue weighted by Gasteiger charge is -2.31. The second-order valence-corrected chi connectivity index (χ2v) is 8.36. The zero-order chi connectivity index (χ0) is 21.5. The summed E-state index contributed by atoms with van der Waals surface area (Å²) >= 11 is 0. The maximum absolute atomic E-state index is 12.1. The minimum atomic E-state index is -0.0714. The van der Waals surface area contributed by atoms with E-state index in [2.05, 4.69) is 64.7 Å². The number of benzene rings is 2. The van der Waals surface area contributed by atoms with Crippen molar-refractivity contribution >= 4 is 11.7 Å². The predicted molar refractivity (Wildman–Crippen MR) is 122 cm³/mol. The summed E-state index contributed by atoms with van der Waals surface area (Å²) in [5.74, 6) is 0.157. The van der Waals surface area contributed by atoms with Gasteiger partial charge in [-0.05, 0) is 50.3 Å². The van der Waals surface area contributed by atoms with E-state index in [1.807, 2.05) is 6.92 Å². The number of esters is 1. The Labute approximate surface area is 185 Å². The molecule has 1 aliphatic carbocycles. The Balaban J connectivity index is 1.41. The topological polar surface area (TPSA) is 51.1 Å². The number of fused-ring (bicyclic) bond motifs is 1. The molecule has 1 unspecified atom stereocenters. The maximum Gasteiger partial charge on any atom is 0.310 e. The lowest BCUT2D eigenvalue weighted by Crippen LogP contribution is -2.40. The Morgan fingerprint density at radius 3 is 2.74 bits per heavy atom. The molecule has 0 bridgehead atoms. The molecule has 1 saturated heterocycles. The Hall–Kier alpha value is -2.66. The third kappa shape index (κ3) is 5.34. The van der Waals surface area contributed by atoms with Crippen molar-refractivity contribution < 1.29 is 14.4 Å². The largest absolute Gasteiger partial charge is 0.466 e. The highest BCUT2D eigenvalue weighted by molar-refractivity contribution is 6.06. The summed E-state index contributed by atoms with van der Waals surface area (Å²) in [4.78, 5) is 20.2. The van der Waals surface area contributed by atoms with Crippen LogP contribution in [-0.2, 0) is 20.8 Å². The first-order valence-corrected chi connectivity index (χ1v) is 11.5. The molecule has 164 valence electrons. The van der Waals surface area contributed by atoms with Crippen LogP contribution in [0.1, 0.15) is 48.8 Å².